The number of allylic oxidation sites excluding steroid dienone is 2. The van der Waals surface area contributed by atoms with Crippen LogP contribution in [0.25, 0.3) is 0 Å². The van der Waals surface area contributed by atoms with E-state index in [1.54, 1.807) is 12.2 Å². The third kappa shape index (κ3) is 2.75. The summed E-state index contributed by atoms with van der Waals surface area (Å²) < 4.78 is 38.6. The Kier molecular flexibility index (Phi) is 4.87. The van der Waals surface area contributed by atoms with Crippen molar-refractivity contribution in [3.8, 4) is 0 Å². The molecule has 5 heteroatoms. The predicted molar refractivity (Wildman–Crippen MR) is 86.7 cm³/mol. The summed E-state index contributed by atoms with van der Waals surface area (Å²) in [6.45, 7) is 5.58. The van der Waals surface area contributed by atoms with Crippen molar-refractivity contribution in [3.63, 3.8) is 0 Å². The van der Waals surface area contributed by atoms with Gasteiger partial charge in [-0.05, 0) is 62.4 Å². The minimum Gasteiger partial charge on any atom is -0.328 e. The molecule has 1 fully saturated rings. The molecule has 3 nitrogen and oxygen atoms in total. The fourth-order valence-electron chi connectivity index (χ4n) is 3.23. The first-order valence-electron chi connectivity index (χ1n) is 7.42. The van der Waals surface area contributed by atoms with Crippen LogP contribution in [-0.2, 0) is 9.84 Å². The van der Waals surface area contributed by atoms with E-state index in [2.05, 4.69) is 6.58 Å². The van der Waals surface area contributed by atoms with Crippen LogP contribution in [0.1, 0.15) is 32.6 Å². The van der Waals surface area contributed by atoms with Gasteiger partial charge in [0, 0.05) is 6.04 Å². The molecular formula is C17H22FNO2S. The first-order valence-corrected chi connectivity index (χ1v) is 8.90. The Morgan fingerprint density at radius 1 is 1.32 bits per heavy atom. The Morgan fingerprint density at radius 3 is 2.32 bits per heavy atom. The Labute approximate surface area is 131 Å². The second kappa shape index (κ2) is 6.34. The van der Waals surface area contributed by atoms with Crippen LogP contribution in [0.15, 0.2) is 53.5 Å². The number of rotatable bonds is 4. The molecule has 0 unspecified atom stereocenters. The maximum atomic E-state index is 13.2. The molecule has 0 aromatic heterocycles. The molecule has 0 aliphatic heterocycles. The smallest absolute Gasteiger partial charge is 0.188 e. The van der Waals surface area contributed by atoms with E-state index in [1.807, 2.05) is 6.92 Å². The van der Waals surface area contributed by atoms with Crippen molar-refractivity contribution in [1.29, 1.82) is 0 Å². The SMILES string of the molecule is C=CC(=CC)C1(S(=O)(=O)c2ccc(F)cc2)CCC(N)CC1. The van der Waals surface area contributed by atoms with Gasteiger partial charge in [0.05, 0.1) is 4.90 Å². The van der Waals surface area contributed by atoms with Gasteiger partial charge >= 0.3 is 0 Å². The molecule has 0 spiro atoms. The summed E-state index contributed by atoms with van der Waals surface area (Å²) in [5, 5.41) is 0. The summed E-state index contributed by atoms with van der Waals surface area (Å²) in [4.78, 5) is 0.144. The molecule has 0 radical (unpaired) electrons. The quantitative estimate of drug-likeness (QED) is 0.682. The summed E-state index contributed by atoms with van der Waals surface area (Å²) in [5.74, 6) is -0.450. The highest BCUT2D eigenvalue weighted by atomic mass is 32.2. The summed E-state index contributed by atoms with van der Waals surface area (Å²) in [6, 6.07) is 5.05. The third-order valence-corrected chi connectivity index (χ3v) is 7.10. The molecule has 0 bridgehead atoms. The van der Waals surface area contributed by atoms with Crippen molar-refractivity contribution in [2.45, 2.75) is 48.3 Å². The highest BCUT2D eigenvalue weighted by Crippen LogP contribution is 2.44. The highest BCUT2D eigenvalue weighted by molar-refractivity contribution is 7.93. The van der Waals surface area contributed by atoms with Gasteiger partial charge < -0.3 is 5.73 Å². The lowest BCUT2D eigenvalue weighted by atomic mass is 9.80. The number of nitrogens with two attached hydrogens (primary N) is 1. The van der Waals surface area contributed by atoms with Gasteiger partial charge in [0.2, 0.25) is 0 Å². The van der Waals surface area contributed by atoms with Crippen LogP contribution in [0.4, 0.5) is 4.39 Å². The van der Waals surface area contributed by atoms with Gasteiger partial charge in [0.25, 0.3) is 0 Å². The number of halogens is 1. The average molecular weight is 323 g/mol. The van der Waals surface area contributed by atoms with E-state index >= 15 is 0 Å². The maximum Gasteiger partial charge on any atom is 0.188 e. The molecule has 1 aliphatic carbocycles. The van der Waals surface area contributed by atoms with Crippen molar-refractivity contribution in [3.05, 3.63) is 54.4 Å². The summed E-state index contributed by atoms with van der Waals surface area (Å²) >= 11 is 0. The highest BCUT2D eigenvalue weighted by Gasteiger charge is 2.48. The van der Waals surface area contributed by atoms with Crippen LogP contribution in [0.5, 0.6) is 0 Å². The van der Waals surface area contributed by atoms with Gasteiger partial charge in [-0.25, -0.2) is 12.8 Å². The molecule has 2 rings (SSSR count). The third-order valence-electron chi connectivity index (χ3n) is 4.53. The molecular weight excluding hydrogens is 301 g/mol. The Morgan fingerprint density at radius 2 is 1.86 bits per heavy atom. The average Bonchev–Trinajstić information content (AvgIpc) is 2.50. The van der Waals surface area contributed by atoms with Gasteiger partial charge in [0.1, 0.15) is 10.6 Å². The molecule has 0 heterocycles. The number of hydrogen-bond donors (Lipinski definition) is 1. The number of benzene rings is 1. The zero-order chi connectivity index (χ0) is 16.4. The van der Waals surface area contributed by atoms with Gasteiger partial charge in [-0.2, -0.15) is 0 Å². The van der Waals surface area contributed by atoms with Crippen LogP contribution in [0, 0.1) is 5.82 Å². The largest absolute Gasteiger partial charge is 0.328 e. The fraction of sp³-hybridized carbons (Fsp3) is 0.412. The topological polar surface area (TPSA) is 60.2 Å². The molecule has 1 aromatic carbocycles. The summed E-state index contributed by atoms with van der Waals surface area (Å²) in [5.41, 5.74) is 6.65. The van der Waals surface area contributed by atoms with Crippen molar-refractivity contribution in [2.24, 2.45) is 5.73 Å². The van der Waals surface area contributed by atoms with Crippen molar-refractivity contribution >= 4 is 9.84 Å². The van der Waals surface area contributed by atoms with Crippen molar-refractivity contribution in [2.75, 3.05) is 0 Å². The fourth-order valence-corrected chi connectivity index (χ4v) is 5.46. The maximum absolute atomic E-state index is 13.2. The van der Waals surface area contributed by atoms with Crippen LogP contribution >= 0.6 is 0 Å². The first kappa shape index (κ1) is 16.9. The molecule has 1 aromatic rings. The van der Waals surface area contributed by atoms with Crippen LogP contribution in [-0.4, -0.2) is 19.2 Å². The molecule has 1 aliphatic rings. The Hall–Kier alpha value is -1.46. The lowest BCUT2D eigenvalue weighted by Gasteiger charge is -2.39. The normalized spacial score (nSPS) is 26.7. The molecule has 0 saturated heterocycles. The lowest BCUT2D eigenvalue weighted by Crippen LogP contribution is -2.46. The van der Waals surface area contributed by atoms with E-state index in [1.165, 1.54) is 24.3 Å². The van der Waals surface area contributed by atoms with E-state index in [0.29, 0.717) is 31.3 Å². The van der Waals surface area contributed by atoms with E-state index in [0.717, 1.165) is 0 Å². The standard InChI is InChI=1S/C17H22FNO2S/c1-3-13(4-2)17(11-9-15(19)10-12-17)22(20,21)16-7-5-14(18)6-8-16/h3-8,15H,1,9-12,19H2,2H3. The van der Waals surface area contributed by atoms with Crippen LogP contribution < -0.4 is 5.73 Å². The second-order valence-corrected chi connectivity index (χ2v) is 8.00. The lowest BCUT2D eigenvalue weighted by molar-refractivity contribution is 0.376. The predicted octanol–water partition coefficient (Wildman–Crippen LogP) is 3.37. The van der Waals surface area contributed by atoms with E-state index < -0.39 is 20.4 Å². The molecule has 2 N–H and O–H groups in total. The summed E-state index contributed by atoms with van der Waals surface area (Å²) in [7, 11) is -3.65. The monoisotopic (exact) mass is 323 g/mol. The number of sulfone groups is 1. The summed E-state index contributed by atoms with van der Waals surface area (Å²) in [6.07, 6.45) is 5.61. The van der Waals surface area contributed by atoms with Gasteiger partial charge in [-0.3, -0.25) is 0 Å². The van der Waals surface area contributed by atoms with E-state index in [-0.39, 0.29) is 10.9 Å². The molecule has 120 valence electrons. The molecule has 0 amide bonds. The zero-order valence-corrected chi connectivity index (χ0v) is 13.6. The molecule has 0 atom stereocenters. The minimum absolute atomic E-state index is 0.0273. The molecule has 22 heavy (non-hydrogen) atoms. The van der Waals surface area contributed by atoms with Crippen molar-refractivity contribution in [1.82, 2.24) is 0 Å². The van der Waals surface area contributed by atoms with Crippen molar-refractivity contribution < 1.29 is 12.8 Å². The Bertz CT molecular complexity index is 669. The minimum atomic E-state index is -3.65. The Balaban J connectivity index is 2.58. The molecule has 1 saturated carbocycles. The van der Waals surface area contributed by atoms with Gasteiger partial charge in [-0.1, -0.05) is 18.7 Å². The zero-order valence-electron chi connectivity index (χ0n) is 12.8. The first-order chi connectivity index (χ1) is 10.4. The van der Waals surface area contributed by atoms with Crippen LogP contribution in [0.3, 0.4) is 0 Å². The van der Waals surface area contributed by atoms with E-state index in [9.17, 15) is 12.8 Å². The number of hydrogen-bond acceptors (Lipinski definition) is 3. The second-order valence-electron chi connectivity index (χ2n) is 5.74. The van der Waals surface area contributed by atoms with Crippen LogP contribution in [0.2, 0.25) is 0 Å². The van der Waals surface area contributed by atoms with Gasteiger partial charge in [0.15, 0.2) is 9.84 Å². The van der Waals surface area contributed by atoms with Gasteiger partial charge in [-0.15, -0.1) is 0 Å². The van der Waals surface area contributed by atoms with E-state index in [4.69, 9.17) is 5.73 Å².